The Kier molecular flexibility index (Phi) is 6.60. The molecule has 0 radical (unpaired) electrons. The molecule has 0 saturated heterocycles. The van der Waals surface area contributed by atoms with Gasteiger partial charge in [0, 0.05) is 13.1 Å². The highest BCUT2D eigenvalue weighted by atomic mass is 19.4. The molecule has 158 valence electrons. The predicted molar refractivity (Wildman–Crippen MR) is 103 cm³/mol. The van der Waals surface area contributed by atoms with Gasteiger partial charge in [0.05, 0.1) is 18.2 Å². The van der Waals surface area contributed by atoms with Crippen LogP contribution in [0.3, 0.4) is 0 Å². The molecule has 0 amide bonds. The maximum Gasteiger partial charge on any atom is 0.419 e. The molecule has 0 aliphatic carbocycles. The molecule has 0 spiro atoms. The van der Waals surface area contributed by atoms with E-state index < -0.39 is 11.7 Å². The molecule has 1 aliphatic heterocycles. The Morgan fingerprint density at radius 2 is 2.14 bits per heavy atom. The second-order valence-corrected chi connectivity index (χ2v) is 6.68. The van der Waals surface area contributed by atoms with Gasteiger partial charge in [-0.15, -0.1) is 0 Å². The van der Waals surface area contributed by atoms with Gasteiger partial charge in [0.15, 0.2) is 5.96 Å². The minimum atomic E-state index is -4.45. The number of aryl methyl sites for hydroxylation is 2. The van der Waals surface area contributed by atoms with Gasteiger partial charge < -0.3 is 15.4 Å². The van der Waals surface area contributed by atoms with Gasteiger partial charge in [0.25, 0.3) is 0 Å². The van der Waals surface area contributed by atoms with Crippen LogP contribution in [0.4, 0.5) is 13.2 Å². The molecule has 3 rings (SSSR count). The summed E-state index contributed by atoms with van der Waals surface area (Å²) in [6, 6.07) is 5.15. The molecule has 29 heavy (non-hydrogen) atoms. The van der Waals surface area contributed by atoms with E-state index in [4.69, 9.17) is 4.74 Å². The van der Waals surface area contributed by atoms with Crippen molar-refractivity contribution in [2.24, 2.45) is 4.99 Å². The molecule has 1 aromatic heterocycles. The third-order valence-electron chi connectivity index (χ3n) is 4.45. The number of nitrogens with one attached hydrogen (secondary N) is 2. The monoisotopic (exact) mass is 410 g/mol. The number of aliphatic imine (C=N–C) groups is 1. The van der Waals surface area contributed by atoms with Crippen molar-refractivity contribution in [2.75, 3.05) is 19.7 Å². The number of hydrogen-bond donors (Lipinski definition) is 2. The minimum Gasteiger partial charge on any atom is -0.491 e. The molecule has 1 unspecified atom stereocenters. The van der Waals surface area contributed by atoms with Gasteiger partial charge in [-0.2, -0.15) is 18.3 Å². The highest BCUT2D eigenvalue weighted by molar-refractivity contribution is 5.80. The van der Waals surface area contributed by atoms with E-state index in [9.17, 15) is 13.2 Å². The molecule has 0 saturated carbocycles. The van der Waals surface area contributed by atoms with Crippen LogP contribution in [0.2, 0.25) is 0 Å². The van der Waals surface area contributed by atoms with Crippen LogP contribution in [0.25, 0.3) is 0 Å². The maximum absolute atomic E-state index is 13.0. The van der Waals surface area contributed by atoms with Crippen LogP contribution >= 0.6 is 0 Å². The number of guanidine groups is 1. The fourth-order valence-electron chi connectivity index (χ4n) is 3.23. The Bertz CT molecular complexity index is 849. The molecule has 2 heterocycles. The Labute approximate surface area is 167 Å². The molecule has 1 atom stereocenters. The zero-order valence-electron chi connectivity index (χ0n) is 16.5. The van der Waals surface area contributed by atoms with Crippen molar-refractivity contribution in [3.63, 3.8) is 0 Å². The second-order valence-electron chi connectivity index (χ2n) is 6.68. The van der Waals surface area contributed by atoms with Crippen LogP contribution in [0, 0.1) is 6.92 Å². The number of alkyl halides is 3. The van der Waals surface area contributed by atoms with Crippen LogP contribution in [-0.2, 0) is 12.7 Å². The molecule has 0 fully saturated rings. The Hall–Kier alpha value is -2.78. The summed E-state index contributed by atoms with van der Waals surface area (Å²) in [6.45, 7) is 5.54. The lowest BCUT2D eigenvalue weighted by atomic mass is 10.1. The summed E-state index contributed by atoms with van der Waals surface area (Å²) in [5, 5.41) is 10.9. The number of aromatic nitrogens is 3. The highest BCUT2D eigenvalue weighted by Gasteiger charge is 2.34. The third-order valence-corrected chi connectivity index (χ3v) is 4.45. The topological polar surface area (TPSA) is 76.4 Å². The first kappa shape index (κ1) is 20.9. The molecule has 1 aliphatic rings. The Morgan fingerprint density at radius 3 is 2.90 bits per heavy atom. The number of nitrogens with zero attached hydrogens (tertiary/aromatic N) is 4. The average molecular weight is 410 g/mol. The lowest BCUT2D eigenvalue weighted by molar-refractivity contribution is -0.138. The first-order valence-electron chi connectivity index (χ1n) is 9.63. The largest absolute Gasteiger partial charge is 0.491 e. The SMILES string of the molecule is CCNC(=NCCOc1ccccc1C(F)(F)F)NC1CCCn2nc(C)nc21. The molecular weight excluding hydrogens is 385 g/mol. The second kappa shape index (κ2) is 9.15. The number of fused-ring (bicyclic) bond motifs is 1. The summed E-state index contributed by atoms with van der Waals surface area (Å²) in [5.41, 5.74) is -0.786. The first-order chi connectivity index (χ1) is 13.9. The Morgan fingerprint density at radius 1 is 1.34 bits per heavy atom. The van der Waals surface area contributed by atoms with E-state index in [0.717, 1.165) is 37.1 Å². The lowest BCUT2D eigenvalue weighted by Crippen LogP contribution is -2.41. The van der Waals surface area contributed by atoms with E-state index in [0.29, 0.717) is 12.5 Å². The van der Waals surface area contributed by atoms with Crippen LogP contribution < -0.4 is 15.4 Å². The van der Waals surface area contributed by atoms with Gasteiger partial charge >= 0.3 is 6.18 Å². The van der Waals surface area contributed by atoms with Crippen molar-refractivity contribution in [2.45, 2.75) is 45.5 Å². The molecule has 2 N–H and O–H groups in total. The van der Waals surface area contributed by atoms with Gasteiger partial charge in [-0.3, -0.25) is 0 Å². The van der Waals surface area contributed by atoms with Crippen molar-refractivity contribution in [1.82, 2.24) is 25.4 Å². The fraction of sp³-hybridized carbons (Fsp3) is 0.526. The summed E-state index contributed by atoms with van der Waals surface area (Å²) >= 11 is 0. The van der Waals surface area contributed by atoms with Gasteiger partial charge in [0.2, 0.25) is 0 Å². The van der Waals surface area contributed by atoms with Crippen LogP contribution in [0.15, 0.2) is 29.3 Å². The van der Waals surface area contributed by atoms with Gasteiger partial charge in [-0.05, 0) is 38.8 Å². The standard InChI is InChI=1S/C19H25F3N6O/c1-3-23-18(26-15-8-6-11-28-17(15)25-13(2)27-28)24-10-12-29-16-9-5-4-7-14(16)19(20,21)22/h4-5,7,9,15H,3,6,8,10-12H2,1-2H3,(H2,23,24,26). The number of ether oxygens (including phenoxy) is 1. The average Bonchev–Trinajstić information content (AvgIpc) is 3.06. The third kappa shape index (κ3) is 5.39. The zero-order chi connectivity index (χ0) is 20.9. The van der Waals surface area contributed by atoms with E-state index in [2.05, 4.69) is 25.7 Å². The van der Waals surface area contributed by atoms with Crippen molar-refractivity contribution >= 4 is 5.96 Å². The number of hydrogen-bond acceptors (Lipinski definition) is 4. The number of halogens is 3. The van der Waals surface area contributed by atoms with Crippen LogP contribution in [0.1, 0.15) is 43.0 Å². The lowest BCUT2D eigenvalue weighted by Gasteiger charge is -2.25. The molecular formula is C19H25F3N6O. The molecule has 7 nitrogen and oxygen atoms in total. The predicted octanol–water partition coefficient (Wildman–Crippen LogP) is 3.07. The molecule has 1 aromatic carbocycles. The first-order valence-corrected chi connectivity index (χ1v) is 9.63. The number of para-hydroxylation sites is 1. The normalized spacial score (nSPS) is 17.0. The van der Waals surface area contributed by atoms with Gasteiger partial charge in [0.1, 0.15) is 24.0 Å². The van der Waals surface area contributed by atoms with Crippen molar-refractivity contribution in [1.29, 1.82) is 0 Å². The fourth-order valence-corrected chi connectivity index (χ4v) is 3.23. The van der Waals surface area contributed by atoms with Crippen LogP contribution in [-0.4, -0.2) is 40.4 Å². The van der Waals surface area contributed by atoms with E-state index in [1.165, 1.54) is 18.2 Å². The van der Waals surface area contributed by atoms with E-state index in [1.807, 2.05) is 18.5 Å². The number of benzene rings is 1. The summed E-state index contributed by atoms with van der Waals surface area (Å²) in [5.74, 6) is 1.98. The minimum absolute atomic E-state index is 0.0189. The summed E-state index contributed by atoms with van der Waals surface area (Å²) < 4.78 is 46.3. The summed E-state index contributed by atoms with van der Waals surface area (Å²) in [4.78, 5) is 8.91. The summed E-state index contributed by atoms with van der Waals surface area (Å²) in [7, 11) is 0. The van der Waals surface area contributed by atoms with Crippen molar-refractivity contribution in [3.8, 4) is 5.75 Å². The maximum atomic E-state index is 13.0. The summed E-state index contributed by atoms with van der Waals surface area (Å²) in [6.07, 6.45) is -2.58. The number of rotatable bonds is 6. The van der Waals surface area contributed by atoms with E-state index in [-0.39, 0.29) is 24.9 Å². The Balaban J connectivity index is 1.61. The van der Waals surface area contributed by atoms with E-state index in [1.54, 1.807) is 0 Å². The van der Waals surface area contributed by atoms with Gasteiger partial charge in [-0.25, -0.2) is 14.7 Å². The molecule has 10 heteroatoms. The van der Waals surface area contributed by atoms with E-state index >= 15 is 0 Å². The zero-order valence-corrected chi connectivity index (χ0v) is 16.5. The smallest absolute Gasteiger partial charge is 0.419 e. The van der Waals surface area contributed by atoms with Crippen molar-refractivity contribution in [3.05, 3.63) is 41.5 Å². The van der Waals surface area contributed by atoms with Gasteiger partial charge in [-0.1, -0.05) is 12.1 Å². The van der Waals surface area contributed by atoms with Crippen LogP contribution in [0.5, 0.6) is 5.75 Å². The van der Waals surface area contributed by atoms with Crippen molar-refractivity contribution < 1.29 is 17.9 Å². The molecule has 2 aromatic rings. The molecule has 0 bridgehead atoms. The highest BCUT2D eigenvalue weighted by Crippen LogP contribution is 2.35. The quantitative estimate of drug-likeness (QED) is 0.435.